The van der Waals surface area contributed by atoms with Gasteiger partial charge in [-0.05, 0) is 48.2 Å². The highest BCUT2D eigenvalue weighted by atomic mass is 19.2. The number of amides is 1. The van der Waals surface area contributed by atoms with Gasteiger partial charge in [-0.3, -0.25) is 4.79 Å². The number of hydrogen-bond acceptors (Lipinski definition) is 4. The Labute approximate surface area is 150 Å². The van der Waals surface area contributed by atoms with Crippen molar-refractivity contribution in [1.82, 2.24) is 16.2 Å². The number of benzene rings is 2. The van der Waals surface area contributed by atoms with Crippen LogP contribution in [-0.2, 0) is 11.2 Å². The van der Waals surface area contributed by atoms with E-state index in [1.165, 1.54) is 6.07 Å². The minimum absolute atomic E-state index is 0.134. The summed E-state index contributed by atoms with van der Waals surface area (Å²) < 4.78 is 31.6. The van der Waals surface area contributed by atoms with E-state index < -0.39 is 17.7 Å². The number of carbonyl (C=O) groups excluding carboxylic acids is 1. The van der Waals surface area contributed by atoms with Crippen LogP contribution in [0.1, 0.15) is 23.6 Å². The van der Waals surface area contributed by atoms with E-state index in [-0.39, 0.29) is 11.9 Å². The van der Waals surface area contributed by atoms with Crippen molar-refractivity contribution in [3.63, 3.8) is 0 Å². The monoisotopic (exact) mass is 361 g/mol. The zero-order chi connectivity index (χ0) is 18.5. The van der Waals surface area contributed by atoms with Gasteiger partial charge in [0.05, 0.1) is 7.11 Å². The maximum absolute atomic E-state index is 13.4. The highest BCUT2D eigenvalue weighted by Gasteiger charge is 2.30. The van der Waals surface area contributed by atoms with Gasteiger partial charge in [-0.1, -0.05) is 18.2 Å². The summed E-state index contributed by atoms with van der Waals surface area (Å²) in [5, 5.41) is 2.89. The lowest BCUT2D eigenvalue weighted by atomic mass is 10.0. The third-order valence-electron chi connectivity index (χ3n) is 4.41. The van der Waals surface area contributed by atoms with Crippen molar-refractivity contribution >= 4 is 5.91 Å². The first-order chi connectivity index (χ1) is 12.6. The van der Waals surface area contributed by atoms with Gasteiger partial charge in [0, 0.05) is 12.6 Å². The first kappa shape index (κ1) is 18.3. The fourth-order valence-electron chi connectivity index (χ4n) is 2.96. The van der Waals surface area contributed by atoms with Gasteiger partial charge in [-0.2, -0.15) is 0 Å². The molecule has 2 aromatic carbocycles. The van der Waals surface area contributed by atoms with Gasteiger partial charge in [0.25, 0.3) is 0 Å². The van der Waals surface area contributed by atoms with Crippen molar-refractivity contribution in [2.24, 2.45) is 0 Å². The molecule has 26 heavy (non-hydrogen) atoms. The molecular formula is C19H21F2N3O2. The number of hydrogen-bond donors (Lipinski definition) is 3. The molecule has 138 valence electrons. The summed E-state index contributed by atoms with van der Waals surface area (Å²) in [6.07, 6.45) is 1.14. The molecule has 5 nitrogen and oxygen atoms in total. The lowest BCUT2D eigenvalue weighted by molar-refractivity contribution is -0.122. The Balaban J connectivity index is 1.49. The number of nitrogens with one attached hydrogen (secondary N) is 3. The lowest BCUT2D eigenvalue weighted by Gasteiger charge is -2.11. The van der Waals surface area contributed by atoms with Gasteiger partial charge in [-0.15, -0.1) is 0 Å². The van der Waals surface area contributed by atoms with E-state index in [4.69, 9.17) is 4.74 Å². The SMILES string of the molecule is COc1cccc(CCNC(=O)C2CC(c3ccc(F)c(F)c3)NN2)c1. The maximum Gasteiger partial charge on any atom is 0.238 e. The molecule has 3 N–H and O–H groups in total. The molecule has 2 atom stereocenters. The predicted octanol–water partition coefficient (Wildman–Crippen LogP) is 2.24. The molecule has 7 heteroatoms. The fraction of sp³-hybridized carbons (Fsp3) is 0.316. The molecule has 1 amide bonds. The van der Waals surface area contributed by atoms with Crippen LogP contribution in [0.25, 0.3) is 0 Å². The molecule has 1 saturated heterocycles. The number of ether oxygens (including phenoxy) is 1. The topological polar surface area (TPSA) is 62.4 Å². The molecule has 1 aliphatic heterocycles. The van der Waals surface area contributed by atoms with Gasteiger partial charge in [-0.25, -0.2) is 19.6 Å². The van der Waals surface area contributed by atoms with Gasteiger partial charge in [0.1, 0.15) is 11.8 Å². The van der Waals surface area contributed by atoms with Crippen LogP contribution in [0.4, 0.5) is 8.78 Å². The van der Waals surface area contributed by atoms with Crippen molar-refractivity contribution < 1.29 is 18.3 Å². The molecule has 0 spiro atoms. The van der Waals surface area contributed by atoms with Crippen LogP contribution in [0, 0.1) is 11.6 Å². The van der Waals surface area contributed by atoms with Crippen molar-refractivity contribution in [1.29, 1.82) is 0 Å². The summed E-state index contributed by atoms with van der Waals surface area (Å²) in [5.74, 6) is -1.13. The summed E-state index contributed by atoms with van der Waals surface area (Å²) in [6, 6.07) is 10.8. The molecule has 2 aromatic rings. The largest absolute Gasteiger partial charge is 0.497 e. The summed E-state index contributed by atoms with van der Waals surface area (Å²) in [6.45, 7) is 0.500. The first-order valence-electron chi connectivity index (χ1n) is 8.43. The molecule has 0 bridgehead atoms. The Kier molecular flexibility index (Phi) is 5.80. The molecule has 1 fully saturated rings. The predicted molar refractivity (Wildman–Crippen MR) is 93.5 cm³/mol. The zero-order valence-electron chi connectivity index (χ0n) is 14.4. The lowest BCUT2D eigenvalue weighted by Crippen LogP contribution is -2.43. The zero-order valence-corrected chi connectivity index (χ0v) is 14.4. The summed E-state index contributed by atoms with van der Waals surface area (Å²) >= 11 is 0. The molecule has 0 radical (unpaired) electrons. The van der Waals surface area contributed by atoms with E-state index in [0.717, 1.165) is 23.4 Å². The highest BCUT2D eigenvalue weighted by Crippen LogP contribution is 2.23. The van der Waals surface area contributed by atoms with Gasteiger partial charge in [0.2, 0.25) is 5.91 Å². The number of methoxy groups -OCH3 is 1. The Morgan fingerprint density at radius 3 is 2.81 bits per heavy atom. The normalized spacial score (nSPS) is 19.3. The molecular weight excluding hydrogens is 340 g/mol. The van der Waals surface area contributed by atoms with E-state index >= 15 is 0 Å². The number of hydrazine groups is 1. The number of halogens is 2. The van der Waals surface area contributed by atoms with E-state index in [0.29, 0.717) is 24.9 Å². The van der Waals surface area contributed by atoms with Crippen LogP contribution in [0.2, 0.25) is 0 Å². The molecule has 0 aromatic heterocycles. The van der Waals surface area contributed by atoms with Crippen molar-refractivity contribution in [3.05, 3.63) is 65.2 Å². The van der Waals surface area contributed by atoms with Crippen molar-refractivity contribution in [2.45, 2.75) is 24.9 Å². The molecule has 1 heterocycles. The Hall–Kier alpha value is -2.51. The van der Waals surface area contributed by atoms with E-state index in [9.17, 15) is 13.6 Å². The molecule has 0 aliphatic carbocycles. The standard InChI is InChI=1S/C19H21F2N3O2/c1-26-14-4-2-3-12(9-14)7-8-22-19(25)18-11-17(23-24-18)13-5-6-15(20)16(21)10-13/h2-6,9-10,17-18,23-24H,7-8,11H2,1H3,(H,22,25). The summed E-state index contributed by atoms with van der Waals surface area (Å²) in [4.78, 5) is 12.3. The average molecular weight is 361 g/mol. The van der Waals surface area contributed by atoms with E-state index in [1.54, 1.807) is 7.11 Å². The molecule has 0 saturated carbocycles. The minimum Gasteiger partial charge on any atom is -0.497 e. The van der Waals surface area contributed by atoms with E-state index in [2.05, 4.69) is 16.2 Å². The third-order valence-corrected chi connectivity index (χ3v) is 4.41. The van der Waals surface area contributed by atoms with Crippen LogP contribution in [-0.4, -0.2) is 25.6 Å². The second-order valence-corrected chi connectivity index (χ2v) is 6.20. The van der Waals surface area contributed by atoms with E-state index in [1.807, 2.05) is 24.3 Å². The van der Waals surface area contributed by atoms with Gasteiger partial charge in [0.15, 0.2) is 11.6 Å². The van der Waals surface area contributed by atoms with Crippen LogP contribution < -0.4 is 20.9 Å². The number of carbonyl (C=O) groups is 1. The van der Waals surface area contributed by atoms with Crippen LogP contribution >= 0.6 is 0 Å². The molecule has 1 aliphatic rings. The molecule has 2 unspecified atom stereocenters. The smallest absolute Gasteiger partial charge is 0.238 e. The van der Waals surface area contributed by atoms with Crippen LogP contribution in [0.15, 0.2) is 42.5 Å². The van der Waals surface area contributed by atoms with Crippen molar-refractivity contribution in [3.8, 4) is 5.75 Å². The quantitative estimate of drug-likeness (QED) is 0.739. The van der Waals surface area contributed by atoms with Crippen LogP contribution in [0.3, 0.4) is 0 Å². The average Bonchev–Trinajstić information content (AvgIpc) is 3.14. The van der Waals surface area contributed by atoms with Crippen LogP contribution in [0.5, 0.6) is 5.75 Å². The Morgan fingerprint density at radius 2 is 2.04 bits per heavy atom. The van der Waals surface area contributed by atoms with Gasteiger partial charge < -0.3 is 10.1 Å². The second-order valence-electron chi connectivity index (χ2n) is 6.20. The summed E-state index contributed by atoms with van der Waals surface area (Å²) in [5.41, 5.74) is 7.54. The maximum atomic E-state index is 13.4. The summed E-state index contributed by atoms with van der Waals surface area (Å²) in [7, 11) is 1.61. The number of rotatable bonds is 6. The molecule has 3 rings (SSSR count). The highest BCUT2D eigenvalue weighted by molar-refractivity contribution is 5.82. The minimum atomic E-state index is -0.893. The Bertz CT molecular complexity index is 785. The second kappa shape index (κ2) is 8.25. The fourth-order valence-corrected chi connectivity index (χ4v) is 2.96. The van der Waals surface area contributed by atoms with Crippen molar-refractivity contribution in [2.75, 3.05) is 13.7 Å². The van der Waals surface area contributed by atoms with Gasteiger partial charge >= 0.3 is 0 Å². The first-order valence-corrected chi connectivity index (χ1v) is 8.43. The Morgan fingerprint density at radius 1 is 1.19 bits per heavy atom. The third kappa shape index (κ3) is 4.36.